The van der Waals surface area contributed by atoms with E-state index in [1.165, 1.54) is 25.3 Å². The highest BCUT2D eigenvalue weighted by Crippen LogP contribution is 2.52. The summed E-state index contributed by atoms with van der Waals surface area (Å²) >= 11 is 0. The molecule has 2 saturated carbocycles. The molecule has 3 aromatic carbocycles. The lowest BCUT2D eigenvalue weighted by Gasteiger charge is -2.48. The first kappa shape index (κ1) is 51.4. The SMILES string of the molecule is CC(C)n1cnc2cc(-c3ccc4c(c3)N(C3CC(N5CCCCC5)C3)C(=O)C43CCN(C(=O)C4CCN(C(=O)C5CCC(Cn6cc7cc([C@H]8CCC(=O)NC8=O)ccc7n6)CC5)CC4)CC3)nc(Nc3ccccc3F)c21. The Balaban J connectivity index is 0.656. The quantitative estimate of drug-likeness (QED) is 0.119. The number of aromatic nitrogens is 5. The molecule has 4 saturated heterocycles. The minimum atomic E-state index is -0.740. The van der Waals surface area contributed by atoms with Crippen molar-refractivity contribution in [2.75, 3.05) is 49.5 Å². The van der Waals surface area contributed by atoms with Crippen LogP contribution in [0.3, 0.4) is 0 Å². The van der Waals surface area contributed by atoms with Crippen LogP contribution < -0.4 is 15.5 Å². The lowest BCUT2D eigenvalue weighted by Crippen LogP contribution is -2.58. The Kier molecular flexibility index (Phi) is 13.6. The molecule has 1 spiro atoms. The number of para-hydroxylation sites is 1. The smallest absolute Gasteiger partial charge is 0.238 e. The molecule has 0 unspecified atom stereocenters. The number of hydrogen-bond donors (Lipinski definition) is 2. The van der Waals surface area contributed by atoms with Gasteiger partial charge < -0.3 is 29.5 Å². The summed E-state index contributed by atoms with van der Waals surface area (Å²) in [4.78, 5) is 86.6. The second-order valence-corrected chi connectivity index (χ2v) is 24.3. The van der Waals surface area contributed by atoms with Crippen LogP contribution in [-0.4, -0.2) is 120 Å². The molecule has 5 amide bonds. The van der Waals surface area contributed by atoms with E-state index in [2.05, 4.69) is 52.5 Å². The van der Waals surface area contributed by atoms with Gasteiger partial charge in [0.25, 0.3) is 0 Å². The third kappa shape index (κ3) is 9.56. The van der Waals surface area contributed by atoms with Gasteiger partial charge in [-0.25, -0.2) is 14.4 Å². The van der Waals surface area contributed by atoms with Crippen LogP contribution in [0.5, 0.6) is 0 Å². The number of hydrogen-bond acceptors (Lipinski definition) is 10. The fourth-order valence-corrected chi connectivity index (χ4v) is 14.6. The maximum Gasteiger partial charge on any atom is 0.238 e. The van der Waals surface area contributed by atoms with Crippen molar-refractivity contribution in [3.05, 3.63) is 96.2 Å². The van der Waals surface area contributed by atoms with Gasteiger partial charge in [0, 0.05) is 91.9 Å². The summed E-state index contributed by atoms with van der Waals surface area (Å²) in [5.41, 5.74) is 6.39. The van der Waals surface area contributed by atoms with Gasteiger partial charge in [0.1, 0.15) is 11.3 Å². The minimum absolute atomic E-state index is 0.0119. The van der Waals surface area contributed by atoms with E-state index in [9.17, 15) is 19.2 Å². The number of imide groups is 1. The van der Waals surface area contributed by atoms with Crippen LogP contribution in [0.2, 0.25) is 0 Å². The number of nitrogens with one attached hydrogen (secondary N) is 2. The lowest BCUT2D eigenvalue weighted by atomic mass is 9.73. The van der Waals surface area contributed by atoms with Gasteiger partial charge in [-0.1, -0.05) is 36.8 Å². The Morgan fingerprint density at radius 3 is 2.25 bits per heavy atom. The molecule has 17 heteroatoms. The Morgan fingerprint density at radius 1 is 0.785 bits per heavy atom. The zero-order chi connectivity index (χ0) is 54.1. The summed E-state index contributed by atoms with van der Waals surface area (Å²) in [6.45, 7) is 9.35. The van der Waals surface area contributed by atoms with Crippen LogP contribution >= 0.6 is 0 Å². The molecule has 1 atom stereocenters. The largest absolute Gasteiger partial charge is 0.342 e. The standard InChI is InChI=1S/C62H72FN11O5/c1-38(2)73-37-64-53-34-52(66-57(56(53)73)65-51-9-5-4-8-49(51)63)43-14-17-48-54(31-43)74(46-32-45(33-46)69-24-6-3-7-25-69)61(79)62(48)22-28-71(29-23-62)60(78)41-20-26-70(27-21-41)59(77)40-12-10-39(11-13-40)35-72-36-44-30-42(15-18-50(44)68-72)47-16-19-55(75)67-58(47)76/h4-5,8-9,14-15,17-18,30-31,34,36-41,45-47H,3,6-7,10-13,16,19-29,32-33,35H2,1-2H3,(H,65,66)(H,67,75,76)/t39?,40?,45?,46?,47-/m1/s1. The number of amides is 5. The number of piperidine rings is 4. The van der Waals surface area contributed by atoms with Crippen molar-refractivity contribution in [1.82, 2.24) is 44.3 Å². The molecule has 8 heterocycles. The number of imidazole rings is 1. The maximum atomic E-state index is 15.3. The molecular weight excluding hydrogens is 998 g/mol. The number of carbonyl (C=O) groups is 5. The summed E-state index contributed by atoms with van der Waals surface area (Å²) in [6, 6.07) is 21.5. The van der Waals surface area contributed by atoms with E-state index in [0.717, 1.165) is 102 Å². The van der Waals surface area contributed by atoms with Gasteiger partial charge in [0.2, 0.25) is 29.5 Å². The van der Waals surface area contributed by atoms with E-state index in [1.54, 1.807) is 18.2 Å². The van der Waals surface area contributed by atoms with E-state index >= 15 is 9.18 Å². The fourth-order valence-electron chi connectivity index (χ4n) is 14.6. The molecule has 6 aromatic rings. The van der Waals surface area contributed by atoms with Gasteiger partial charge in [0.05, 0.1) is 40.1 Å². The third-order valence-electron chi connectivity index (χ3n) is 19.2. The zero-order valence-corrected chi connectivity index (χ0v) is 45.5. The predicted octanol–water partition coefficient (Wildman–Crippen LogP) is 9.40. The van der Waals surface area contributed by atoms with Crippen molar-refractivity contribution in [2.24, 2.45) is 17.8 Å². The molecule has 79 heavy (non-hydrogen) atoms. The van der Waals surface area contributed by atoms with Crippen LogP contribution in [-0.2, 0) is 35.9 Å². The topological polar surface area (TPSA) is 171 Å². The van der Waals surface area contributed by atoms with Crippen molar-refractivity contribution in [3.8, 4) is 11.3 Å². The van der Waals surface area contributed by atoms with Crippen LogP contribution in [0.1, 0.15) is 133 Å². The molecule has 412 valence electrons. The predicted molar refractivity (Wildman–Crippen MR) is 300 cm³/mol. The lowest BCUT2D eigenvalue weighted by molar-refractivity contribution is -0.144. The second-order valence-electron chi connectivity index (χ2n) is 24.3. The molecule has 16 nitrogen and oxygen atoms in total. The Labute approximate surface area is 460 Å². The molecule has 0 bridgehead atoms. The van der Waals surface area contributed by atoms with Gasteiger partial charge in [0.15, 0.2) is 5.82 Å². The van der Waals surface area contributed by atoms with Gasteiger partial charge >= 0.3 is 0 Å². The summed E-state index contributed by atoms with van der Waals surface area (Å²) in [5.74, 6) is 0.0932. The van der Waals surface area contributed by atoms with E-state index in [-0.39, 0.29) is 65.2 Å². The Hall–Kier alpha value is -7.01. The second kappa shape index (κ2) is 20.9. The van der Waals surface area contributed by atoms with E-state index in [0.29, 0.717) is 93.9 Å². The van der Waals surface area contributed by atoms with Gasteiger partial charge in [-0.15, -0.1) is 0 Å². The summed E-state index contributed by atoms with van der Waals surface area (Å²) < 4.78 is 19.2. The normalized spacial score (nSPS) is 24.8. The van der Waals surface area contributed by atoms with E-state index < -0.39 is 5.41 Å². The highest BCUT2D eigenvalue weighted by atomic mass is 19.1. The Bertz CT molecular complexity index is 3350. The molecule has 7 aliphatic rings. The van der Waals surface area contributed by atoms with Crippen molar-refractivity contribution >= 4 is 68.7 Å². The molecule has 2 aliphatic carbocycles. The van der Waals surface area contributed by atoms with Gasteiger partial charge in [-0.2, -0.15) is 5.10 Å². The number of likely N-dealkylation sites (tertiary alicyclic amines) is 3. The van der Waals surface area contributed by atoms with E-state index in [4.69, 9.17) is 15.1 Å². The first-order valence-corrected chi connectivity index (χ1v) is 29.4. The van der Waals surface area contributed by atoms with Crippen molar-refractivity contribution in [1.29, 1.82) is 0 Å². The minimum Gasteiger partial charge on any atom is -0.342 e. The summed E-state index contributed by atoms with van der Waals surface area (Å²) in [6.07, 6.45) is 16.3. The molecule has 6 fully saturated rings. The molecule has 3 aromatic heterocycles. The maximum absolute atomic E-state index is 15.3. The summed E-state index contributed by atoms with van der Waals surface area (Å²) in [7, 11) is 0. The third-order valence-corrected chi connectivity index (χ3v) is 19.2. The average Bonchev–Trinajstić information content (AvgIpc) is 4.21. The van der Waals surface area contributed by atoms with Gasteiger partial charge in [-0.05, 0) is 164 Å². The highest BCUT2D eigenvalue weighted by Gasteiger charge is 2.56. The number of anilines is 3. The number of pyridine rings is 1. The average molecular weight is 1070 g/mol. The number of nitrogens with zero attached hydrogens (tertiary/aromatic N) is 9. The number of rotatable bonds is 11. The van der Waals surface area contributed by atoms with Crippen molar-refractivity contribution in [3.63, 3.8) is 0 Å². The molecule has 0 radical (unpaired) electrons. The summed E-state index contributed by atoms with van der Waals surface area (Å²) in [5, 5.41) is 11.6. The number of halogens is 1. The number of carbonyl (C=O) groups excluding carboxylic acids is 5. The zero-order valence-electron chi connectivity index (χ0n) is 45.5. The fraction of sp³-hybridized carbons (Fsp3) is 0.516. The Morgan fingerprint density at radius 2 is 1.52 bits per heavy atom. The monoisotopic (exact) mass is 1070 g/mol. The molecule has 13 rings (SSSR count). The van der Waals surface area contributed by atoms with Crippen LogP contribution in [0.15, 0.2) is 79.3 Å². The first-order valence-electron chi connectivity index (χ1n) is 29.4. The number of fused-ring (bicyclic) bond motifs is 4. The van der Waals surface area contributed by atoms with Crippen LogP contribution in [0, 0.1) is 23.6 Å². The number of benzene rings is 3. The highest BCUT2D eigenvalue weighted by molar-refractivity contribution is 6.10. The van der Waals surface area contributed by atoms with Crippen molar-refractivity contribution < 1.29 is 28.4 Å². The molecular formula is C62H72FN11O5. The first-order chi connectivity index (χ1) is 38.4. The molecule has 2 N–H and O–H groups in total. The molecule has 5 aliphatic heterocycles. The van der Waals surface area contributed by atoms with E-state index in [1.807, 2.05) is 55.8 Å². The van der Waals surface area contributed by atoms with Crippen LogP contribution in [0.25, 0.3) is 33.2 Å². The van der Waals surface area contributed by atoms with Crippen LogP contribution in [0.4, 0.5) is 21.6 Å². The van der Waals surface area contributed by atoms with Crippen molar-refractivity contribution in [2.45, 2.75) is 146 Å². The van der Waals surface area contributed by atoms with Gasteiger partial charge in [-0.3, -0.25) is 34.0 Å².